The van der Waals surface area contributed by atoms with Crippen molar-refractivity contribution in [2.24, 2.45) is 7.05 Å². The number of carbonyl (C=O) groups excluding carboxylic acids is 1. The first kappa shape index (κ1) is 26.9. The molecule has 0 atom stereocenters. The van der Waals surface area contributed by atoms with Crippen LogP contribution in [0.3, 0.4) is 0 Å². The van der Waals surface area contributed by atoms with Crippen LogP contribution in [-0.4, -0.2) is 87.8 Å². The highest BCUT2D eigenvalue weighted by molar-refractivity contribution is 6.30. The number of hydrogen-bond acceptors (Lipinski definition) is 7. The predicted octanol–water partition coefficient (Wildman–Crippen LogP) is 3.78. The number of nitrogens with zero attached hydrogens (tertiary/aromatic N) is 7. The molecule has 0 bridgehead atoms. The molecule has 1 N–H and O–H groups in total. The lowest BCUT2D eigenvalue weighted by Gasteiger charge is -2.37. The van der Waals surface area contributed by atoms with Gasteiger partial charge in [0.2, 0.25) is 11.7 Å². The van der Waals surface area contributed by atoms with E-state index >= 15 is 0 Å². The summed E-state index contributed by atoms with van der Waals surface area (Å²) in [7, 11) is 1.76. The molecule has 198 valence electrons. The van der Waals surface area contributed by atoms with E-state index in [9.17, 15) is 4.79 Å². The van der Waals surface area contributed by atoms with Crippen LogP contribution in [0.5, 0.6) is 0 Å². The molecular formula is C27H37ClN8O. The van der Waals surface area contributed by atoms with Crippen LogP contribution in [0.2, 0.25) is 5.02 Å². The van der Waals surface area contributed by atoms with Crippen LogP contribution in [0, 0.1) is 0 Å². The molecule has 1 amide bonds. The number of carbonyl (C=O) groups is 1. The number of amides is 1. The summed E-state index contributed by atoms with van der Waals surface area (Å²) >= 11 is 6.01. The van der Waals surface area contributed by atoms with Crippen LogP contribution in [0.1, 0.15) is 26.7 Å². The number of aryl methyl sites for hydroxylation is 1. The summed E-state index contributed by atoms with van der Waals surface area (Å²) in [6, 6.07) is 16.5. The topological polar surface area (TPSA) is 82.4 Å². The molecule has 0 unspecified atom stereocenters. The molecule has 2 aromatic carbocycles. The van der Waals surface area contributed by atoms with Crippen molar-refractivity contribution in [1.29, 1.82) is 0 Å². The van der Waals surface area contributed by atoms with Crippen molar-refractivity contribution < 1.29 is 4.79 Å². The second kappa shape index (κ2) is 12.4. The van der Waals surface area contributed by atoms with E-state index in [4.69, 9.17) is 11.6 Å². The van der Waals surface area contributed by atoms with Gasteiger partial charge in [-0.15, -0.1) is 10.2 Å². The van der Waals surface area contributed by atoms with Crippen LogP contribution in [-0.2, 0) is 11.8 Å². The Bertz CT molecular complexity index is 1130. The third kappa shape index (κ3) is 6.99. The number of piperazine rings is 1. The Labute approximate surface area is 224 Å². The minimum Gasteiger partial charge on any atom is -0.382 e. The van der Waals surface area contributed by atoms with Crippen molar-refractivity contribution in [2.45, 2.75) is 32.7 Å². The number of rotatable bonds is 7. The van der Waals surface area contributed by atoms with Crippen molar-refractivity contribution in [3.8, 4) is 11.4 Å². The summed E-state index contributed by atoms with van der Waals surface area (Å²) in [6.45, 7) is 6.36. The monoisotopic (exact) mass is 524 g/mol. The van der Waals surface area contributed by atoms with Gasteiger partial charge in [-0.2, -0.15) is 4.80 Å². The Balaban J connectivity index is 0.00000320. The molecular weight excluding hydrogens is 488 g/mol. The number of anilines is 2. The van der Waals surface area contributed by atoms with Gasteiger partial charge >= 0.3 is 0 Å². The molecule has 3 aromatic rings. The van der Waals surface area contributed by atoms with Crippen LogP contribution in [0.25, 0.3) is 11.4 Å². The molecule has 5 rings (SSSR count). The zero-order valence-electron chi connectivity index (χ0n) is 20.7. The number of halogens is 1. The van der Waals surface area contributed by atoms with Gasteiger partial charge in [-0.25, -0.2) is 0 Å². The quantitative estimate of drug-likeness (QED) is 0.503. The second-order valence-corrected chi connectivity index (χ2v) is 9.97. The fourth-order valence-electron chi connectivity index (χ4n) is 4.92. The Hall–Kier alpha value is -3.17. The van der Waals surface area contributed by atoms with Crippen molar-refractivity contribution >= 4 is 28.9 Å². The lowest BCUT2D eigenvalue weighted by Crippen LogP contribution is -2.48. The normalized spacial score (nSPS) is 16.9. The summed E-state index contributed by atoms with van der Waals surface area (Å²) in [5.41, 5.74) is 3.23. The van der Waals surface area contributed by atoms with Crippen LogP contribution < -0.4 is 10.2 Å². The second-order valence-electron chi connectivity index (χ2n) is 9.53. The average molecular weight is 525 g/mol. The van der Waals surface area contributed by atoms with E-state index in [1.165, 1.54) is 10.5 Å². The highest BCUT2D eigenvalue weighted by atomic mass is 35.5. The number of likely N-dealkylation sites (tertiary alicyclic amines) is 1. The van der Waals surface area contributed by atoms with Gasteiger partial charge in [0.1, 0.15) is 0 Å². The lowest BCUT2D eigenvalue weighted by molar-refractivity contribution is -0.132. The third-order valence-electron chi connectivity index (χ3n) is 7.08. The number of benzene rings is 2. The van der Waals surface area contributed by atoms with Gasteiger partial charge in [-0.05, 0) is 66.6 Å². The van der Waals surface area contributed by atoms with Gasteiger partial charge in [0.05, 0.1) is 7.05 Å². The minimum absolute atomic E-state index is 0. The maximum atomic E-state index is 12.8. The van der Waals surface area contributed by atoms with Gasteiger partial charge in [-0.1, -0.05) is 19.0 Å². The molecule has 37 heavy (non-hydrogen) atoms. The van der Waals surface area contributed by atoms with E-state index in [-0.39, 0.29) is 13.3 Å². The average Bonchev–Trinajstić information content (AvgIpc) is 3.35. The Morgan fingerprint density at radius 1 is 0.973 bits per heavy atom. The first-order valence-electron chi connectivity index (χ1n) is 12.6. The zero-order chi connectivity index (χ0) is 24.9. The predicted molar refractivity (Wildman–Crippen MR) is 149 cm³/mol. The van der Waals surface area contributed by atoms with Crippen LogP contribution in [0.15, 0.2) is 48.5 Å². The number of piperidine rings is 1. The van der Waals surface area contributed by atoms with Gasteiger partial charge in [0.15, 0.2) is 0 Å². The summed E-state index contributed by atoms with van der Waals surface area (Å²) in [4.78, 5) is 21.1. The highest BCUT2D eigenvalue weighted by Crippen LogP contribution is 2.22. The summed E-state index contributed by atoms with van der Waals surface area (Å²) < 4.78 is 0. The van der Waals surface area contributed by atoms with Crippen molar-refractivity contribution in [2.75, 3.05) is 56.0 Å². The van der Waals surface area contributed by atoms with Gasteiger partial charge in [0, 0.05) is 80.2 Å². The van der Waals surface area contributed by atoms with E-state index in [0.29, 0.717) is 18.3 Å². The first-order chi connectivity index (χ1) is 17.5. The number of nitrogens with one attached hydrogen (secondary N) is 1. The molecule has 0 aliphatic carbocycles. The molecule has 9 nitrogen and oxygen atoms in total. The molecule has 0 spiro atoms. The highest BCUT2D eigenvalue weighted by Gasteiger charge is 2.24. The molecule has 0 radical (unpaired) electrons. The minimum atomic E-state index is 0. The molecule has 3 heterocycles. The zero-order valence-corrected chi connectivity index (χ0v) is 21.4. The van der Waals surface area contributed by atoms with E-state index in [1.807, 2.05) is 29.2 Å². The van der Waals surface area contributed by atoms with Crippen molar-refractivity contribution in [3.63, 3.8) is 0 Å². The van der Waals surface area contributed by atoms with E-state index in [2.05, 4.69) is 54.8 Å². The molecule has 2 aliphatic heterocycles. The molecule has 1 aromatic heterocycles. The molecule has 2 saturated heterocycles. The fourth-order valence-corrected chi connectivity index (χ4v) is 5.04. The Morgan fingerprint density at radius 2 is 1.65 bits per heavy atom. The standard InChI is InChI=1S/C26H33ClN8O.CH4/c1-32-30-26(29-31-32)20-2-6-22(7-3-20)28-23-10-14-35(15-11-23)25(36)12-13-33-16-18-34(19-17-33)24-8-4-21(27)5-9-24;/h2-9,23,28H,10-19H2,1H3;1H4. The van der Waals surface area contributed by atoms with Gasteiger partial charge in [-0.3, -0.25) is 9.69 Å². The van der Waals surface area contributed by atoms with Crippen molar-refractivity contribution in [1.82, 2.24) is 30.0 Å². The van der Waals surface area contributed by atoms with Gasteiger partial charge < -0.3 is 15.1 Å². The van der Waals surface area contributed by atoms with E-state index in [0.717, 1.165) is 74.9 Å². The fraction of sp³-hybridized carbons (Fsp3) is 0.481. The van der Waals surface area contributed by atoms with Crippen molar-refractivity contribution in [3.05, 3.63) is 53.6 Å². The number of hydrogen-bond donors (Lipinski definition) is 1. The third-order valence-corrected chi connectivity index (χ3v) is 7.33. The summed E-state index contributed by atoms with van der Waals surface area (Å²) in [6.07, 6.45) is 2.51. The Kier molecular flexibility index (Phi) is 9.00. The molecule has 10 heteroatoms. The van der Waals surface area contributed by atoms with E-state index < -0.39 is 0 Å². The summed E-state index contributed by atoms with van der Waals surface area (Å²) in [5.74, 6) is 0.897. The van der Waals surface area contributed by atoms with Gasteiger partial charge in [0.25, 0.3) is 0 Å². The first-order valence-corrected chi connectivity index (χ1v) is 13.0. The summed E-state index contributed by atoms with van der Waals surface area (Å²) in [5, 5.41) is 16.6. The SMILES string of the molecule is C.Cn1nnc(-c2ccc(NC3CCN(C(=O)CCN4CCN(c5ccc(Cl)cc5)CC4)CC3)cc2)n1. The van der Waals surface area contributed by atoms with Crippen LogP contribution >= 0.6 is 11.6 Å². The molecule has 0 saturated carbocycles. The maximum Gasteiger partial charge on any atom is 0.223 e. The molecule has 2 fully saturated rings. The molecule has 2 aliphatic rings. The van der Waals surface area contributed by atoms with E-state index in [1.54, 1.807) is 7.05 Å². The number of tetrazole rings is 1. The van der Waals surface area contributed by atoms with Crippen LogP contribution in [0.4, 0.5) is 11.4 Å². The smallest absolute Gasteiger partial charge is 0.223 e. The largest absolute Gasteiger partial charge is 0.382 e. The lowest BCUT2D eigenvalue weighted by atomic mass is 10.0. The Morgan fingerprint density at radius 3 is 2.27 bits per heavy atom. The maximum absolute atomic E-state index is 12.8. The number of aromatic nitrogens is 4.